The van der Waals surface area contributed by atoms with Gasteiger partial charge in [0.2, 0.25) is 0 Å². The van der Waals surface area contributed by atoms with E-state index in [1.807, 2.05) is 6.07 Å². The van der Waals surface area contributed by atoms with Crippen LogP contribution in [0.25, 0.3) is 0 Å². The van der Waals surface area contributed by atoms with Gasteiger partial charge in [0.25, 0.3) is 0 Å². The molecule has 0 amide bonds. The number of hydrogen-bond donors (Lipinski definition) is 2. The molecule has 0 aromatic carbocycles. The Morgan fingerprint density at radius 3 is 2.11 bits per heavy atom. The summed E-state index contributed by atoms with van der Waals surface area (Å²) in [6.45, 7) is 8.48. The molecule has 0 bridgehead atoms. The molecule has 2 N–H and O–H groups in total. The zero-order chi connectivity index (χ0) is 13.9. The highest BCUT2D eigenvalue weighted by atomic mass is 15.1. The lowest BCUT2D eigenvalue weighted by molar-refractivity contribution is 0.740. The van der Waals surface area contributed by atoms with E-state index in [0.717, 1.165) is 49.8 Å². The molecule has 0 atom stereocenters. The average molecular weight is 264 g/mol. The molecule has 4 nitrogen and oxygen atoms in total. The highest BCUT2D eigenvalue weighted by Gasteiger charge is 2.03. The SMILES string of the molecule is CCCCCNc1cc(NCCC)nc(CCC)n1. The summed E-state index contributed by atoms with van der Waals surface area (Å²) in [5, 5.41) is 6.75. The van der Waals surface area contributed by atoms with Crippen LogP contribution in [-0.2, 0) is 6.42 Å². The molecule has 108 valence electrons. The van der Waals surface area contributed by atoms with Gasteiger partial charge in [0.15, 0.2) is 0 Å². The van der Waals surface area contributed by atoms with E-state index in [4.69, 9.17) is 0 Å². The highest BCUT2D eigenvalue weighted by molar-refractivity contribution is 5.47. The van der Waals surface area contributed by atoms with Crippen LogP contribution in [0, 0.1) is 0 Å². The molecule has 0 spiro atoms. The number of rotatable bonds is 10. The predicted octanol–water partition coefficient (Wildman–Crippen LogP) is 3.85. The van der Waals surface area contributed by atoms with Gasteiger partial charge in [-0.05, 0) is 19.3 Å². The molecule has 0 aliphatic carbocycles. The summed E-state index contributed by atoms with van der Waals surface area (Å²) in [5.74, 6) is 2.83. The first-order valence-electron chi connectivity index (χ1n) is 7.65. The average Bonchev–Trinajstić information content (AvgIpc) is 2.42. The zero-order valence-electron chi connectivity index (χ0n) is 12.6. The molecule has 0 fully saturated rings. The number of aryl methyl sites for hydroxylation is 1. The van der Waals surface area contributed by atoms with Gasteiger partial charge in [-0.2, -0.15) is 0 Å². The van der Waals surface area contributed by atoms with Crippen molar-refractivity contribution in [3.8, 4) is 0 Å². The van der Waals surface area contributed by atoms with Gasteiger partial charge < -0.3 is 10.6 Å². The fourth-order valence-corrected chi connectivity index (χ4v) is 1.86. The van der Waals surface area contributed by atoms with E-state index in [1.54, 1.807) is 0 Å². The van der Waals surface area contributed by atoms with E-state index >= 15 is 0 Å². The Kier molecular flexibility index (Phi) is 7.94. The topological polar surface area (TPSA) is 49.8 Å². The van der Waals surface area contributed by atoms with Crippen LogP contribution in [0.5, 0.6) is 0 Å². The largest absolute Gasteiger partial charge is 0.370 e. The number of aromatic nitrogens is 2. The summed E-state index contributed by atoms with van der Waals surface area (Å²) in [6, 6.07) is 2.01. The van der Waals surface area contributed by atoms with Gasteiger partial charge in [-0.15, -0.1) is 0 Å². The van der Waals surface area contributed by atoms with Crippen LogP contribution in [0.4, 0.5) is 11.6 Å². The van der Waals surface area contributed by atoms with Crippen molar-refractivity contribution in [2.45, 2.75) is 59.3 Å². The molecule has 0 saturated carbocycles. The summed E-state index contributed by atoms with van der Waals surface area (Å²) in [6.07, 6.45) is 6.82. The van der Waals surface area contributed by atoms with Crippen molar-refractivity contribution in [2.24, 2.45) is 0 Å². The predicted molar refractivity (Wildman–Crippen MR) is 82.8 cm³/mol. The first kappa shape index (κ1) is 15.7. The van der Waals surface area contributed by atoms with E-state index in [1.165, 1.54) is 19.3 Å². The van der Waals surface area contributed by atoms with Crippen LogP contribution < -0.4 is 10.6 Å². The summed E-state index contributed by atoms with van der Waals surface area (Å²) in [5.41, 5.74) is 0. The van der Waals surface area contributed by atoms with E-state index in [2.05, 4.69) is 41.4 Å². The van der Waals surface area contributed by atoms with E-state index < -0.39 is 0 Å². The molecular formula is C15H28N4. The Balaban J connectivity index is 2.63. The van der Waals surface area contributed by atoms with Crippen LogP contribution in [0.15, 0.2) is 6.07 Å². The van der Waals surface area contributed by atoms with Crippen molar-refractivity contribution in [3.05, 3.63) is 11.9 Å². The first-order chi connectivity index (χ1) is 9.30. The number of unbranched alkanes of at least 4 members (excludes halogenated alkanes) is 2. The summed E-state index contributed by atoms with van der Waals surface area (Å²) in [7, 11) is 0. The minimum Gasteiger partial charge on any atom is -0.370 e. The van der Waals surface area contributed by atoms with Crippen LogP contribution in [-0.4, -0.2) is 23.1 Å². The lowest BCUT2D eigenvalue weighted by Crippen LogP contribution is -2.09. The normalized spacial score (nSPS) is 10.5. The molecule has 1 aromatic rings. The molecule has 0 unspecified atom stereocenters. The fourth-order valence-electron chi connectivity index (χ4n) is 1.86. The van der Waals surface area contributed by atoms with Gasteiger partial charge in [-0.3, -0.25) is 0 Å². The molecule has 19 heavy (non-hydrogen) atoms. The molecular weight excluding hydrogens is 236 g/mol. The van der Waals surface area contributed by atoms with Gasteiger partial charge >= 0.3 is 0 Å². The van der Waals surface area contributed by atoms with Gasteiger partial charge in [0.1, 0.15) is 17.5 Å². The first-order valence-corrected chi connectivity index (χ1v) is 7.65. The van der Waals surface area contributed by atoms with Crippen molar-refractivity contribution >= 4 is 11.6 Å². The van der Waals surface area contributed by atoms with Gasteiger partial charge in [0, 0.05) is 25.6 Å². The molecule has 0 aliphatic heterocycles. The Labute approximate surface area is 117 Å². The van der Waals surface area contributed by atoms with E-state index in [0.29, 0.717) is 0 Å². The minimum absolute atomic E-state index is 0.932. The smallest absolute Gasteiger partial charge is 0.133 e. The highest BCUT2D eigenvalue weighted by Crippen LogP contribution is 2.13. The van der Waals surface area contributed by atoms with Crippen LogP contribution in [0.3, 0.4) is 0 Å². The maximum Gasteiger partial charge on any atom is 0.133 e. The Bertz CT molecular complexity index is 352. The number of nitrogens with one attached hydrogen (secondary N) is 2. The van der Waals surface area contributed by atoms with Gasteiger partial charge in [0.05, 0.1) is 0 Å². The molecule has 1 aromatic heterocycles. The number of anilines is 2. The number of nitrogens with zero attached hydrogens (tertiary/aromatic N) is 2. The third-order valence-corrected chi connectivity index (χ3v) is 2.89. The summed E-state index contributed by atoms with van der Waals surface area (Å²) in [4.78, 5) is 9.11. The molecule has 1 rings (SSSR count). The summed E-state index contributed by atoms with van der Waals surface area (Å²) >= 11 is 0. The second-order valence-electron chi connectivity index (χ2n) is 4.87. The van der Waals surface area contributed by atoms with Crippen LogP contribution >= 0.6 is 0 Å². The molecule has 1 heterocycles. The van der Waals surface area contributed by atoms with E-state index in [9.17, 15) is 0 Å². The van der Waals surface area contributed by atoms with Crippen molar-refractivity contribution in [1.82, 2.24) is 9.97 Å². The molecule has 4 heteroatoms. The van der Waals surface area contributed by atoms with Crippen LogP contribution in [0.2, 0.25) is 0 Å². The Morgan fingerprint density at radius 2 is 1.53 bits per heavy atom. The Morgan fingerprint density at radius 1 is 0.842 bits per heavy atom. The zero-order valence-corrected chi connectivity index (χ0v) is 12.6. The van der Waals surface area contributed by atoms with Crippen molar-refractivity contribution < 1.29 is 0 Å². The van der Waals surface area contributed by atoms with Crippen LogP contribution in [0.1, 0.15) is 58.7 Å². The molecule has 0 saturated heterocycles. The minimum atomic E-state index is 0.932. The third kappa shape index (κ3) is 6.41. The molecule has 0 aliphatic rings. The summed E-state index contributed by atoms with van der Waals surface area (Å²) < 4.78 is 0. The quantitative estimate of drug-likeness (QED) is 0.630. The lowest BCUT2D eigenvalue weighted by atomic mass is 10.2. The van der Waals surface area contributed by atoms with Crippen molar-refractivity contribution in [3.63, 3.8) is 0 Å². The lowest BCUT2D eigenvalue weighted by Gasteiger charge is -2.10. The van der Waals surface area contributed by atoms with Crippen molar-refractivity contribution in [1.29, 1.82) is 0 Å². The van der Waals surface area contributed by atoms with E-state index in [-0.39, 0.29) is 0 Å². The monoisotopic (exact) mass is 264 g/mol. The van der Waals surface area contributed by atoms with Crippen molar-refractivity contribution in [2.75, 3.05) is 23.7 Å². The second kappa shape index (κ2) is 9.59. The maximum absolute atomic E-state index is 4.57. The number of hydrogen-bond acceptors (Lipinski definition) is 4. The van der Waals surface area contributed by atoms with Gasteiger partial charge in [-0.25, -0.2) is 9.97 Å². The van der Waals surface area contributed by atoms with Gasteiger partial charge in [-0.1, -0.05) is 33.6 Å². The standard InChI is InChI=1S/C15H28N4/c1-4-7-8-11-17-15-12-14(16-10-6-3)18-13(19-15)9-5-2/h12H,4-11H2,1-3H3,(H2,16,17,18,19). The third-order valence-electron chi connectivity index (χ3n) is 2.89. The second-order valence-corrected chi connectivity index (χ2v) is 4.87. The fraction of sp³-hybridized carbons (Fsp3) is 0.733. The Hall–Kier alpha value is -1.32. The molecule has 0 radical (unpaired) electrons. The maximum atomic E-state index is 4.57.